The van der Waals surface area contributed by atoms with Gasteiger partial charge in [-0.3, -0.25) is 0 Å². The van der Waals surface area contributed by atoms with Crippen LogP contribution in [-0.2, 0) is 51.5 Å². The van der Waals surface area contributed by atoms with E-state index in [1.165, 1.54) is 0 Å². The molecule has 2 aromatic rings. The predicted molar refractivity (Wildman–Crippen MR) is 161 cm³/mol. The van der Waals surface area contributed by atoms with E-state index in [2.05, 4.69) is 12.1 Å². The lowest BCUT2D eigenvalue weighted by Gasteiger charge is -2.32. The average molecular weight is 595 g/mol. The fourth-order valence-electron chi connectivity index (χ4n) is 5.65. The van der Waals surface area contributed by atoms with Gasteiger partial charge in [-0.05, 0) is 58.1 Å². The van der Waals surface area contributed by atoms with Gasteiger partial charge in [0.2, 0.25) is 0 Å². The van der Waals surface area contributed by atoms with Crippen LogP contribution in [0.25, 0.3) is 0 Å². The molecule has 2 unspecified atom stereocenters. The van der Waals surface area contributed by atoms with Gasteiger partial charge in [-0.1, -0.05) is 64.1 Å². The number of hydrogen-bond acceptors (Lipinski definition) is 9. The Kier molecular flexibility index (Phi) is 14.4. The Labute approximate surface area is 255 Å². The number of nitrogens with zero attached hydrogens (tertiary/aromatic N) is 2. The van der Waals surface area contributed by atoms with Crippen molar-refractivity contribution in [2.45, 2.75) is 96.9 Å². The summed E-state index contributed by atoms with van der Waals surface area (Å²) in [6, 6.07) is 15.6. The van der Waals surface area contributed by atoms with E-state index >= 15 is 0 Å². The zero-order chi connectivity index (χ0) is 32.0. The number of nitriles is 2. The molecule has 0 saturated carbocycles. The molecule has 9 heteroatoms. The second-order valence-electron chi connectivity index (χ2n) is 11.5. The van der Waals surface area contributed by atoms with Crippen molar-refractivity contribution in [3.8, 4) is 12.1 Å². The van der Waals surface area contributed by atoms with Crippen LogP contribution in [0.1, 0.15) is 86.8 Å². The molecule has 234 valence electrons. The van der Waals surface area contributed by atoms with Crippen LogP contribution in [0.15, 0.2) is 36.4 Å². The van der Waals surface area contributed by atoms with E-state index in [1.54, 1.807) is 24.3 Å². The van der Waals surface area contributed by atoms with Crippen molar-refractivity contribution >= 4 is 6.29 Å². The summed E-state index contributed by atoms with van der Waals surface area (Å²) in [5, 5.41) is 57.0. The molecule has 2 aromatic carbocycles. The molecule has 1 aliphatic rings. The first-order valence-electron chi connectivity index (χ1n) is 14.8. The smallest absolute Gasteiger partial charge is 0.157 e. The molecule has 0 aromatic heterocycles. The average Bonchev–Trinajstić information content (AvgIpc) is 3.55. The van der Waals surface area contributed by atoms with Crippen molar-refractivity contribution in [3.05, 3.63) is 69.8 Å². The third kappa shape index (κ3) is 8.49. The Bertz CT molecular complexity index is 1260. The lowest BCUT2D eigenvalue weighted by atomic mass is 9.69. The van der Waals surface area contributed by atoms with Crippen LogP contribution in [-0.4, -0.2) is 46.2 Å². The van der Waals surface area contributed by atoms with Gasteiger partial charge in [0.15, 0.2) is 6.29 Å². The molecule has 1 aliphatic heterocycles. The number of benzene rings is 2. The fraction of sp³-hybridized carbons (Fsp3) is 0.559. The highest BCUT2D eigenvalue weighted by Crippen LogP contribution is 2.39. The summed E-state index contributed by atoms with van der Waals surface area (Å²) in [4.78, 5) is 10.7. The van der Waals surface area contributed by atoms with E-state index in [0.717, 1.165) is 17.4 Å². The fourth-order valence-corrected chi connectivity index (χ4v) is 5.65. The minimum atomic E-state index is -0.751. The number of hydrogen-bond donors (Lipinski definition) is 4. The van der Waals surface area contributed by atoms with Gasteiger partial charge in [0.25, 0.3) is 0 Å². The number of carbonyl (C=O) groups excluding carboxylic acids is 1. The van der Waals surface area contributed by atoms with Crippen LogP contribution < -0.4 is 0 Å². The standard InChI is InChI=1S/C18H25NO4.C16H21NO3/c1-13(2)18(12-19,6-5-17-22-7-8-23-17)16-4-3-14(10-20)15(9-16)11-21;1-12(2)16(11-17,6-3-7-18)15-5-4-13(9-19)14(8-15)10-20/h3-4,9,13,17,20-21H,5-8,10-11H2,1-2H3;4-5,7-8,12,19-20H,3,6,9-10H2,1-2H3. The molecule has 4 N–H and O–H groups in total. The molecule has 43 heavy (non-hydrogen) atoms. The van der Waals surface area contributed by atoms with Crippen LogP contribution in [0.4, 0.5) is 0 Å². The van der Waals surface area contributed by atoms with Gasteiger partial charge in [0.1, 0.15) is 6.29 Å². The lowest BCUT2D eigenvalue weighted by Crippen LogP contribution is -2.32. The van der Waals surface area contributed by atoms with E-state index in [-0.39, 0.29) is 44.6 Å². The Hall–Kier alpha value is -3.15. The molecule has 0 bridgehead atoms. The molecule has 0 aliphatic carbocycles. The summed E-state index contributed by atoms with van der Waals surface area (Å²) < 4.78 is 11.0. The normalized spacial score (nSPS) is 16.1. The van der Waals surface area contributed by atoms with Crippen LogP contribution in [0.5, 0.6) is 0 Å². The quantitative estimate of drug-likeness (QED) is 0.233. The Morgan fingerprint density at radius 2 is 1.19 bits per heavy atom. The van der Waals surface area contributed by atoms with Crippen molar-refractivity contribution < 1.29 is 34.7 Å². The molecular formula is C34H46N2O7. The summed E-state index contributed by atoms with van der Waals surface area (Å²) in [7, 11) is 0. The van der Waals surface area contributed by atoms with Crippen molar-refractivity contribution in [3.63, 3.8) is 0 Å². The number of aldehydes is 1. The second-order valence-corrected chi connectivity index (χ2v) is 11.5. The number of ether oxygens (including phenoxy) is 2. The third-order valence-corrected chi connectivity index (χ3v) is 8.62. The first-order valence-corrected chi connectivity index (χ1v) is 14.8. The molecule has 1 heterocycles. The molecule has 2 atom stereocenters. The minimum Gasteiger partial charge on any atom is -0.392 e. The Morgan fingerprint density at radius 3 is 1.53 bits per heavy atom. The van der Waals surface area contributed by atoms with E-state index in [4.69, 9.17) is 9.47 Å². The maximum absolute atomic E-state index is 10.7. The Morgan fingerprint density at radius 1 is 0.767 bits per heavy atom. The maximum Gasteiger partial charge on any atom is 0.157 e. The van der Waals surface area contributed by atoms with Crippen LogP contribution >= 0.6 is 0 Å². The first-order chi connectivity index (χ1) is 20.6. The largest absolute Gasteiger partial charge is 0.392 e. The van der Waals surface area contributed by atoms with Gasteiger partial charge in [-0.25, -0.2) is 0 Å². The van der Waals surface area contributed by atoms with Crippen LogP contribution in [0.3, 0.4) is 0 Å². The summed E-state index contributed by atoms with van der Waals surface area (Å²) >= 11 is 0. The summed E-state index contributed by atoms with van der Waals surface area (Å²) in [6.07, 6.45) is 2.63. The van der Waals surface area contributed by atoms with E-state index in [9.17, 15) is 35.7 Å². The Balaban J connectivity index is 0.000000304. The molecule has 9 nitrogen and oxygen atoms in total. The van der Waals surface area contributed by atoms with Crippen molar-refractivity contribution in [1.29, 1.82) is 10.5 Å². The van der Waals surface area contributed by atoms with E-state index < -0.39 is 10.8 Å². The van der Waals surface area contributed by atoms with Gasteiger partial charge in [0.05, 0.1) is 62.6 Å². The topological polar surface area (TPSA) is 164 Å². The molecule has 1 saturated heterocycles. The highest BCUT2D eigenvalue weighted by Gasteiger charge is 2.38. The van der Waals surface area contributed by atoms with Crippen molar-refractivity contribution in [2.24, 2.45) is 11.8 Å². The number of aliphatic hydroxyl groups excluding tert-OH is 4. The van der Waals surface area contributed by atoms with Gasteiger partial charge in [0, 0.05) is 12.8 Å². The highest BCUT2D eigenvalue weighted by atomic mass is 16.7. The highest BCUT2D eigenvalue weighted by molar-refractivity contribution is 5.51. The van der Waals surface area contributed by atoms with Gasteiger partial charge in [-0.2, -0.15) is 10.5 Å². The first kappa shape index (κ1) is 36.0. The second kappa shape index (κ2) is 17.2. The molecular weight excluding hydrogens is 548 g/mol. The SMILES string of the molecule is CC(C)C(C#N)(CCC1OCCO1)c1ccc(CO)c(CO)c1.CC(C)C(C#N)(CCC=O)c1ccc(CO)c(CO)c1. The van der Waals surface area contributed by atoms with Gasteiger partial charge < -0.3 is 34.7 Å². The molecule has 3 rings (SSSR count). The minimum absolute atomic E-state index is 0.0407. The van der Waals surface area contributed by atoms with Gasteiger partial charge >= 0.3 is 0 Å². The summed E-state index contributed by atoms with van der Waals surface area (Å²) in [6.45, 7) is 8.55. The monoisotopic (exact) mass is 594 g/mol. The number of rotatable bonds is 14. The molecule has 0 spiro atoms. The lowest BCUT2D eigenvalue weighted by molar-refractivity contribution is -0.108. The number of carbonyl (C=O) groups is 1. The van der Waals surface area contributed by atoms with Crippen molar-refractivity contribution in [2.75, 3.05) is 13.2 Å². The molecule has 0 amide bonds. The van der Waals surface area contributed by atoms with Crippen molar-refractivity contribution in [1.82, 2.24) is 0 Å². The zero-order valence-electron chi connectivity index (χ0n) is 25.8. The maximum atomic E-state index is 10.7. The summed E-state index contributed by atoms with van der Waals surface area (Å²) in [5.74, 6) is 0.138. The number of aliphatic hydroxyl groups is 4. The van der Waals surface area contributed by atoms with Crippen LogP contribution in [0.2, 0.25) is 0 Å². The van der Waals surface area contributed by atoms with E-state index in [0.29, 0.717) is 61.2 Å². The van der Waals surface area contributed by atoms with E-state index in [1.807, 2.05) is 39.8 Å². The summed E-state index contributed by atoms with van der Waals surface area (Å²) in [5.41, 5.74) is 2.87. The third-order valence-electron chi connectivity index (χ3n) is 8.62. The van der Waals surface area contributed by atoms with Gasteiger partial charge in [-0.15, -0.1) is 0 Å². The zero-order valence-corrected chi connectivity index (χ0v) is 25.8. The molecule has 1 fully saturated rings. The molecule has 0 radical (unpaired) electrons. The van der Waals surface area contributed by atoms with Crippen LogP contribution in [0, 0.1) is 34.5 Å². The predicted octanol–water partition coefficient (Wildman–Crippen LogP) is 4.31.